The molecule has 2 N–H and O–H groups in total. The minimum absolute atomic E-state index is 0.0518. The van der Waals surface area contributed by atoms with Gasteiger partial charge in [0.15, 0.2) is 0 Å². The summed E-state index contributed by atoms with van der Waals surface area (Å²) in [6, 6.07) is 18.0. The highest BCUT2D eigenvalue weighted by molar-refractivity contribution is 6.03. The summed E-state index contributed by atoms with van der Waals surface area (Å²) in [6.45, 7) is 0. The molecule has 0 saturated heterocycles. The molecule has 0 unspecified atom stereocenters. The number of carbonyl (C=O) groups is 1. The highest BCUT2D eigenvalue weighted by Crippen LogP contribution is 2.11. The van der Waals surface area contributed by atoms with E-state index >= 15 is 0 Å². The van der Waals surface area contributed by atoms with E-state index < -0.39 is 0 Å². The normalized spacial score (nSPS) is 11.0. The van der Waals surface area contributed by atoms with Crippen LogP contribution in [0.5, 0.6) is 0 Å². The second kappa shape index (κ2) is 5.68. The van der Waals surface area contributed by atoms with Crippen molar-refractivity contribution in [2.75, 3.05) is 5.32 Å². The highest BCUT2D eigenvalue weighted by atomic mass is 16.3. The Kier molecular flexibility index (Phi) is 3.76. The average Bonchev–Trinajstić information content (AvgIpc) is 2.40. The maximum absolute atomic E-state index is 11.6. The average molecular weight is 239 g/mol. The van der Waals surface area contributed by atoms with Crippen LogP contribution in [0.25, 0.3) is 5.76 Å². The monoisotopic (exact) mass is 239 g/mol. The van der Waals surface area contributed by atoms with Crippen molar-refractivity contribution in [2.24, 2.45) is 0 Å². The fraction of sp³-hybridized carbons (Fsp3) is 0. The predicted molar refractivity (Wildman–Crippen MR) is 72.1 cm³/mol. The molecule has 2 aromatic rings. The number of rotatable bonds is 3. The van der Waals surface area contributed by atoms with Crippen molar-refractivity contribution in [1.29, 1.82) is 0 Å². The van der Waals surface area contributed by atoms with Crippen molar-refractivity contribution < 1.29 is 9.90 Å². The number of anilines is 1. The fourth-order valence-electron chi connectivity index (χ4n) is 1.52. The van der Waals surface area contributed by atoms with Crippen LogP contribution in [0.3, 0.4) is 0 Å². The first-order valence-corrected chi connectivity index (χ1v) is 5.58. The minimum atomic E-state index is -0.359. The lowest BCUT2D eigenvalue weighted by atomic mass is 10.2. The van der Waals surface area contributed by atoms with Crippen LogP contribution >= 0.6 is 0 Å². The van der Waals surface area contributed by atoms with Crippen LogP contribution in [0, 0.1) is 0 Å². The number of aliphatic hydroxyl groups excluding tert-OH is 1. The van der Waals surface area contributed by atoms with Gasteiger partial charge in [0.05, 0.1) is 0 Å². The number of carbonyl (C=O) groups excluding carboxylic acids is 1. The molecule has 18 heavy (non-hydrogen) atoms. The van der Waals surface area contributed by atoms with Crippen LogP contribution in [0.2, 0.25) is 0 Å². The molecule has 0 heterocycles. The maximum Gasteiger partial charge on any atom is 0.252 e. The Labute approximate surface area is 105 Å². The minimum Gasteiger partial charge on any atom is -0.507 e. The molecule has 90 valence electrons. The molecule has 0 atom stereocenters. The van der Waals surface area contributed by atoms with Crippen molar-refractivity contribution in [2.45, 2.75) is 0 Å². The Morgan fingerprint density at radius 1 is 0.944 bits per heavy atom. The first-order valence-electron chi connectivity index (χ1n) is 5.58. The van der Waals surface area contributed by atoms with Crippen molar-refractivity contribution in [3.63, 3.8) is 0 Å². The van der Waals surface area contributed by atoms with Crippen LogP contribution < -0.4 is 5.32 Å². The summed E-state index contributed by atoms with van der Waals surface area (Å²) in [7, 11) is 0. The van der Waals surface area contributed by atoms with E-state index in [1.807, 2.05) is 24.3 Å². The fourth-order valence-corrected chi connectivity index (χ4v) is 1.52. The highest BCUT2D eigenvalue weighted by Gasteiger charge is 2.02. The van der Waals surface area contributed by atoms with Gasteiger partial charge in [-0.3, -0.25) is 4.79 Å². The van der Waals surface area contributed by atoms with Crippen molar-refractivity contribution in [1.82, 2.24) is 0 Å². The number of aliphatic hydroxyl groups is 1. The van der Waals surface area contributed by atoms with E-state index in [4.69, 9.17) is 0 Å². The molecule has 2 aromatic carbocycles. The molecular weight excluding hydrogens is 226 g/mol. The molecule has 0 fully saturated rings. The quantitative estimate of drug-likeness (QED) is 0.638. The Bertz CT molecular complexity index is 547. The molecule has 0 bridgehead atoms. The van der Waals surface area contributed by atoms with Crippen molar-refractivity contribution in [3.8, 4) is 0 Å². The molecule has 2 rings (SSSR count). The lowest BCUT2D eigenvalue weighted by Gasteiger charge is -2.02. The lowest BCUT2D eigenvalue weighted by Crippen LogP contribution is -2.08. The number of hydrogen-bond donors (Lipinski definition) is 2. The van der Waals surface area contributed by atoms with E-state index in [0.29, 0.717) is 11.3 Å². The van der Waals surface area contributed by atoms with Gasteiger partial charge in [0.2, 0.25) is 0 Å². The van der Waals surface area contributed by atoms with E-state index in [9.17, 15) is 9.90 Å². The maximum atomic E-state index is 11.6. The molecule has 0 aliphatic rings. The summed E-state index contributed by atoms with van der Waals surface area (Å²) in [5.41, 5.74) is 1.31. The Hall–Kier alpha value is -2.55. The summed E-state index contributed by atoms with van der Waals surface area (Å²) >= 11 is 0. The molecule has 0 saturated carbocycles. The number of hydrogen-bond acceptors (Lipinski definition) is 2. The Morgan fingerprint density at radius 2 is 1.50 bits per heavy atom. The largest absolute Gasteiger partial charge is 0.507 e. The van der Waals surface area contributed by atoms with Gasteiger partial charge in [0, 0.05) is 17.3 Å². The van der Waals surface area contributed by atoms with Crippen LogP contribution in [0.4, 0.5) is 5.69 Å². The lowest BCUT2D eigenvalue weighted by molar-refractivity contribution is -0.111. The first-order chi connectivity index (χ1) is 8.75. The van der Waals surface area contributed by atoms with Gasteiger partial charge in [-0.05, 0) is 12.1 Å². The van der Waals surface area contributed by atoms with E-state index in [1.54, 1.807) is 36.4 Å². The standard InChI is InChI=1S/C15H13NO2/c17-14(12-7-3-1-4-8-12)11-15(18)16-13-9-5-2-6-10-13/h1-11,17H,(H,16,18)/b14-11-. The molecular formula is C15H13NO2. The van der Waals surface area contributed by atoms with Gasteiger partial charge in [-0.25, -0.2) is 0 Å². The van der Waals surface area contributed by atoms with Crippen molar-refractivity contribution >= 4 is 17.4 Å². The third kappa shape index (κ3) is 3.22. The third-order valence-electron chi connectivity index (χ3n) is 2.38. The van der Waals surface area contributed by atoms with Crippen LogP contribution in [0.1, 0.15) is 5.56 Å². The Morgan fingerprint density at radius 3 is 2.11 bits per heavy atom. The molecule has 0 spiro atoms. The van der Waals surface area contributed by atoms with E-state index in [0.717, 1.165) is 0 Å². The van der Waals surface area contributed by atoms with E-state index in [-0.39, 0.29) is 11.7 Å². The number of amides is 1. The summed E-state index contributed by atoms with van der Waals surface area (Å²) in [5.74, 6) is -0.411. The molecule has 0 aliphatic heterocycles. The van der Waals surface area contributed by atoms with Crippen LogP contribution in [-0.2, 0) is 4.79 Å². The molecule has 1 amide bonds. The Balaban J connectivity index is 2.07. The molecule has 0 aromatic heterocycles. The number of nitrogens with one attached hydrogen (secondary N) is 1. The number of benzene rings is 2. The number of para-hydroxylation sites is 1. The van der Waals surface area contributed by atoms with Gasteiger partial charge in [-0.1, -0.05) is 48.5 Å². The zero-order chi connectivity index (χ0) is 12.8. The second-order valence-corrected chi connectivity index (χ2v) is 3.75. The van der Waals surface area contributed by atoms with Crippen LogP contribution in [0.15, 0.2) is 66.7 Å². The summed E-state index contributed by atoms with van der Waals surface area (Å²) < 4.78 is 0. The summed E-state index contributed by atoms with van der Waals surface area (Å²) in [4.78, 5) is 11.6. The van der Waals surface area contributed by atoms with E-state index in [1.165, 1.54) is 6.08 Å². The van der Waals surface area contributed by atoms with Gasteiger partial charge < -0.3 is 10.4 Å². The van der Waals surface area contributed by atoms with Gasteiger partial charge in [0.25, 0.3) is 5.91 Å². The van der Waals surface area contributed by atoms with Gasteiger partial charge in [-0.2, -0.15) is 0 Å². The molecule has 3 heteroatoms. The topological polar surface area (TPSA) is 49.3 Å². The SMILES string of the molecule is O=C(/C=C(\O)c1ccccc1)Nc1ccccc1. The summed E-state index contributed by atoms with van der Waals surface area (Å²) in [6.07, 6.45) is 1.17. The van der Waals surface area contributed by atoms with E-state index in [2.05, 4.69) is 5.32 Å². The van der Waals surface area contributed by atoms with Gasteiger partial charge >= 0.3 is 0 Å². The molecule has 3 nitrogen and oxygen atoms in total. The van der Waals surface area contributed by atoms with Gasteiger partial charge in [0.1, 0.15) is 5.76 Å². The van der Waals surface area contributed by atoms with Gasteiger partial charge in [-0.15, -0.1) is 0 Å². The molecule has 0 aliphatic carbocycles. The van der Waals surface area contributed by atoms with Crippen molar-refractivity contribution in [3.05, 3.63) is 72.3 Å². The zero-order valence-corrected chi connectivity index (χ0v) is 9.71. The third-order valence-corrected chi connectivity index (χ3v) is 2.38. The smallest absolute Gasteiger partial charge is 0.252 e. The second-order valence-electron chi connectivity index (χ2n) is 3.75. The van der Waals surface area contributed by atoms with Crippen LogP contribution in [-0.4, -0.2) is 11.0 Å². The summed E-state index contributed by atoms with van der Waals surface area (Å²) in [5, 5.41) is 12.4. The zero-order valence-electron chi connectivity index (χ0n) is 9.71. The first kappa shape index (κ1) is 11.9. The molecule has 0 radical (unpaired) electrons. The predicted octanol–water partition coefficient (Wildman–Crippen LogP) is 3.22.